The van der Waals surface area contributed by atoms with E-state index in [1.165, 1.54) is 0 Å². The van der Waals surface area contributed by atoms with E-state index in [1.807, 2.05) is 38.1 Å². The Morgan fingerprint density at radius 2 is 1.95 bits per heavy atom. The van der Waals surface area contributed by atoms with Crippen molar-refractivity contribution in [3.05, 3.63) is 65.5 Å². The van der Waals surface area contributed by atoms with Crippen LogP contribution in [-0.4, -0.2) is 17.0 Å². The minimum absolute atomic E-state index is 0.123. The summed E-state index contributed by atoms with van der Waals surface area (Å²) in [5.74, 6) is -0.123. The van der Waals surface area contributed by atoms with Gasteiger partial charge in [-0.25, -0.2) is 0 Å². The lowest BCUT2D eigenvalue weighted by molar-refractivity contribution is 0.0651. The van der Waals surface area contributed by atoms with Crippen molar-refractivity contribution >= 4 is 5.91 Å². The fourth-order valence-electron chi connectivity index (χ4n) is 1.90. The van der Waals surface area contributed by atoms with Crippen LogP contribution in [0.5, 0.6) is 0 Å². The van der Waals surface area contributed by atoms with Crippen LogP contribution in [0.1, 0.15) is 35.3 Å². The summed E-state index contributed by atoms with van der Waals surface area (Å²) < 4.78 is 5.64. The van der Waals surface area contributed by atoms with Crippen molar-refractivity contribution in [3.8, 4) is 0 Å². The highest BCUT2D eigenvalue weighted by molar-refractivity contribution is 5.93. The molecule has 0 aliphatic carbocycles. The first-order valence-electron chi connectivity index (χ1n) is 7.03. The molecule has 4 heteroatoms. The average molecular weight is 284 g/mol. The topological polar surface area (TPSA) is 51.2 Å². The Morgan fingerprint density at radius 3 is 2.62 bits per heavy atom. The zero-order valence-corrected chi connectivity index (χ0v) is 12.4. The molecule has 1 amide bonds. The van der Waals surface area contributed by atoms with Gasteiger partial charge in [-0.1, -0.05) is 24.3 Å². The molecule has 110 valence electrons. The van der Waals surface area contributed by atoms with E-state index in [0.717, 1.165) is 11.1 Å². The number of hydrogen-bond donors (Lipinski definition) is 1. The van der Waals surface area contributed by atoms with E-state index in [9.17, 15) is 4.79 Å². The number of nitrogens with zero attached hydrogens (tertiary/aromatic N) is 1. The SMILES string of the molecule is CC(C)OCc1ccccc1CNC(=O)c1cccnc1. The summed E-state index contributed by atoms with van der Waals surface area (Å²) in [5.41, 5.74) is 2.72. The van der Waals surface area contributed by atoms with Gasteiger partial charge in [-0.05, 0) is 37.1 Å². The Hall–Kier alpha value is -2.20. The van der Waals surface area contributed by atoms with E-state index in [-0.39, 0.29) is 12.0 Å². The molecule has 2 rings (SSSR count). The highest BCUT2D eigenvalue weighted by Gasteiger charge is 2.07. The number of hydrogen-bond acceptors (Lipinski definition) is 3. The number of carbonyl (C=O) groups excluding carboxylic acids is 1. The van der Waals surface area contributed by atoms with Gasteiger partial charge in [0.2, 0.25) is 0 Å². The zero-order valence-electron chi connectivity index (χ0n) is 12.4. The van der Waals surface area contributed by atoms with Crippen molar-refractivity contribution in [1.29, 1.82) is 0 Å². The first kappa shape index (κ1) is 15.2. The summed E-state index contributed by atoms with van der Waals surface area (Å²) in [6.45, 7) is 5.04. The minimum atomic E-state index is -0.123. The quantitative estimate of drug-likeness (QED) is 0.887. The number of carbonyl (C=O) groups is 1. The molecule has 1 N–H and O–H groups in total. The molecule has 0 bridgehead atoms. The maximum absolute atomic E-state index is 12.0. The average Bonchev–Trinajstić information content (AvgIpc) is 2.52. The Kier molecular flexibility index (Phi) is 5.46. The maximum Gasteiger partial charge on any atom is 0.253 e. The van der Waals surface area contributed by atoms with Crippen LogP contribution in [0.25, 0.3) is 0 Å². The van der Waals surface area contributed by atoms with Gasteiger partial charge in [-0.2, -0.15) is 0 Å². The summed E-state index contributed by atoms with van der Waals surface area (Å²) in [6, 6.07) is 11.5. The van der Waals surface area contributed by atoms with Gasteiger partial charge in [-0.15, -0.1) is 0 Å². The van der Waals surface area contributed by atoms with Crippen LogP contribution in [-0.2, 0) is 17.9 Å². The predicted molar refractivity (Wildman–Crippen MR) is 81.8 cm³/mol. The van der Waals surface area contributed by atoms with Gasteiger partial charge in [0.05, 0.1) is 18.3 Å². The van der Waals surface area contributed by atoms with Crippen molar-refractivity contribution in [1.82, 2.24) is 10.3 Å². The van der Waals surface area contributed by atoms with E-state index in [1.54, 1.807) is 24.5 Å². The van der Waals surface area contributed by atoms with Crippen molar-refractivity contribution in [2.45, 2.75) is 33.1 Å². The Labute approximate surface area is 125 Å². The lowest BCUT2D eigenvalue weighted by atomic mass is 10.1. The minimum Gasteiger partial charge on any atom is -0.374 e. The number of nitrogens with one attached hydrogen (secondary N) is 1. The van der Waals surface area contributed by atoms with Gasteiger partial charge in [0.15, 0.2) is 0 Å². The molecule has 0 aliphatic heterocycles. The molecule has 4 nitrogen and oxygen atoms in total. The largest absolute Gasteiger partial charge is 0.374 e. The van der Waals surface area contributed by atoms with Crippen molar-refractivity contribution in [3.63, 3.8) is 0 Å². The molecule has 0 atom stereocenters. The summed E-state index contributed by atoms with van der Waals surface area (Å²) in [6.07, 6.45) is 3.39. The number of amides is 1. The molecule has 0 spiro atoms. The van der Waals surface area contributed by atoms with Gasteiger partial charge < -0.3 is 10.1 Å². The molecule has 1 aromatic carbocycles. The number of ether oxygens (including phenoxy) is 1. The predicted octanol–water partition coefficient (Wildman–Crippen LogP) is 2.94. The summed E-state index contributed by atoms with van der Waals surface area (Å²) in [7, 11) is 0. The lowest BCUT2D eigenvalue weighted by Gasteiger charge is -2.12. The number of pyridine rings is 1. The fourth-order valence-corrected chi connectivity index (χ4v) is 1.90. The lowest BCUT2D eigenvalue weighted by Crippen LogP contribution is -2.23. The molecular formula is C17H20N2O2. The monoisotopic (exact) mass is 284 g/mol. The molecule has 0 saturated heterocycles. The third-order valence-corrected chi connectivity index (χ3v) is 3.05. The Bertz CT molecular complexity index is 582. The summed E-state index contributed by atoms with van der Waals surface area (Å²) >= 11 is 0. The molecule has 0 aliphatic rings. The van der Waals surface area contributed by atoms with Crippen LogP contribution in [0.3, 0.4) is 0 Å². The summed E-state index contributed by atoms with van der Waals surface area (Å²) in [4.78, 5) is 16.0. The normalized spacial score (nSPS) is 10.6. The molecule has 0 radical (unpaired) electrons. The zero-order chi connectivity index (χ0) is 15.1. The van der Waals surface area contributed by atoms with Crippen molar-refractivity contribution in [2.75, 3.05) is 0 Å². The van der Waals surface area contributed by atoms with Gasteiger partial charge in [-0.3, -0.25) is 9.78 Å². The number of rotatable bonds is 6. The van der Waals surface area contributed by atoms with Crippen LogP contribution in [0.2, 0.25) is 0 Å². The van der Waals surface area contributed by atoms with Crippen LogP contribution < -0.4 is 5.32 Å². The van der Waals surface area contributed by atoms with E-state index >= 15 is 0 Å². The summed E-state index contributed by atoms with van der Waals surface area (Å²) in [5, 5.41) is 2.91. The molecule has 1 aromatic heterocycles. The molecule has 0 fully saturated rings. The Balaban J connectivity index is 1.98. The van der Waals surface area contributed by atoms with Crippen LogP contribution in [0.15, 0.2) is 48.8 Å². The van der Waals surface area contributed by atoms with E-state index in [0.29, 0.717) is 18.7 Å². The molecule has 0 unspecified atom stereocenters. The van der Waals surface area contributed by atoms with Gasteiger partial charge in [0.25, 0.3) is 5.91 Å². The third kappa shape index (κ3) is 4.68. The second-order valence-corrected chi connectivity index (χ2v) is 5.05. The molecule has 0 saturated carbocycles. The molecular weight excluding hydrogens is 264 g/mol. The van der Waals surface area contributed by atoms with Crippen LogP contribution in [0, 0.1) is 0 Å². The third-order valence-electron chi connectivity index (χ3n) is 3.05. The maximum atomic E-state index is 12.0. The van der Waals surface area contributed by atoms with Gasteiger partial charge >= 0.3 is 0 Å². The van der Waals surface area contributed by atoms with Gasteiger partial charge in [0, 0.05) is 18.9 Å². The molecule has 21 heavy (non-hydrogen) atoms. The standard InChI is InChI=1S/C17H20N2O2/c1-13(2)21-12-16-7-4-3-6-14(16)11-19-17(20)15-8-5-9-18-10-15/h3-10,13H,11-12H2,1-2H3,(H,19,20). The smallest absolute Gasteiger partial charge is 0.253 e. The highest BCUT2D eigenvalue weighted by Crippen LogP contribution is 2.11. The second kappa shape index (κ2) is 7.55. The van der Waals surface area contributed by atoms with Crippen LogP contribution >= 0.6 is 0 Å². The Morgan fingerprint density at radius 1 is 1.19 bits per heavy atom. The number of benzene rings is 1. The first-order valence-corrected chi connectivity index (χ1v) is 7.03. The van der Waals surface area contributed by atoms with E-state index in [4.69, 9.17) is 4.74 Å². The van der Waals surface area contributed by atoms with Gasteiger partial charge in [0.1, 0.15) is 0 Å². The number of aromatic nitrogens is 1. The van der Waals surface area contributed by atoms with E-state index < -0.39 is 0 Å². The van der Waals surface area contributed by atoms with E-state index in [2.05, 4.69) is 10.3 Å². The molecule has 1 heterocycles. The highest BCUT2D eigenvalue weighted by atomic mass is 16.5. The second-order valence-electron chi connectivity index (χ2n) is 5.05. The van der Waals surface area contributed by atoms with Crippen LogP contribution in [0.4, 0.5) is 0 Å². The first-order chi connectivity index (χ1) is 10.2. The fraction of sp³-hybridized carbons (Fsp3) is 0.294. The van der Waals surface area contributed by atoms with Crippen molar-refractivity contribution < 1.29 is 9.53 Å². The van der Waals surface area contributed by atoms with Crippen molar-refractivity contribution in [2.24, 2.45) is 0 Å². The molecule has 2 aromatic rings.